The Kier molecular flexibility index (Phi) is 7.84. The molecular formula is C13H18BrCl2N3O. The highest BCUT2D eigenvalue weighted by Gasteiger charge is 2.10. The Morgan fingerprint density at radius 2 is 2.10 bits per heavy atom. The highest BCUT2D eigenvalue weighted by atomic mass is 79.9. The topological polar surface area (TPSA) is 44.4 Å². The van der Waals surface area contributed by atoms with Crippen molar-refractivity contribution in [3.8, 4) is 0 Å². The first-order valence-corrected chi connectivity index (χ1v) is 7.50. The number of hydrogen-bond donors (Lipinski definition) is 2. The summed E-state index contributed by atoms with van der Waals surface area (Å²) in [5.74, 6) is -0.0625. The van der Waals surface area contributed by atoms with Crippen molar-refractivity contribution < 1.29 is 4.79 Å². The molecule has 1 aliphatic rings. The summed E-state index contributed by atoms with van der Waals surface area (Å²) in [6.07, 6.45) is 0. The third-order valence-corrected chi connectivity index (χ3v) is 4.32. The number of halogens is 3. The molecule has 1 saturated heterocycles. The second-order valence-corrected chi connectivity index (χ2v) is 5.74. The molecule has 4 nitrogen and oxygen atoms in total. The first-order chi connectivity index (χ1) is 9.16. The molecule has 1 fully saturated rings. The molecular weight excluding hydrogens is 365 g/mol. The van der Waals surface area contributed by atoms with Crippen LogP contribution in [0, 0.1) is 0 Å². The fraction of sp³-hybridized carbons (Fsp3) is 0.462. The average molecular weight is 383 g/mol. The molecule has 1 aromatic rings. The summed E-state index contributed by atoms with van der Waals surface area (Å²) in [7, 11) is 0. The minimum atomic E-state index is -0.0625. The number of benzene rings is 1. The van der Waals surface area contributed by atoms with Crippen LogP contribution in [-0.2, 0) is 0 Å². The molecule has 1 amide bonds. The van der Waals surface area contributed by atoms with Crippen molar-refractivity contribution in [2.75, 3.05) is 39.3 Å². The van der Waals surface area contributed by atoms with E-state index in [4.69, 9.17) is 11.6 Å². The van der Waals surface area contributed by atoms with Gasteiger partial charge < -0.3 is 10.6 Å². The lowest BCUT2D eigenvalue weighted by atomic mass is 10.2. The molecule has 1 aliphatic heterocycles. The zero-order valence-electron chi connectivity index (χ0n) is 11.0. The molecule has 20 heavy (non-hydrogen) atoms. The number of piperazine rings is 1. The average Bonchev–Trinajstić information content (AvgIpc) is 2.43. The summed E-state index contributed by atoms with van der Waals surface area (Å²) in [4.78, 5) is 14.3. The summed E-state index contributed by atoms with van der Waals surface area (Å²) in [6, 6.07) is 5.19. The summed E-state index contributed by atoms with van der Waals surface area (Å²) in [5, 5.41) is 6.84. The highest BCUT2D eigenvalue weighted by Crippen LogP contribution is 2.23. The predicted molar refractivity (Wildman–Crippen MR) is 88.0 cm³/mol. The van der Waals surface area contributed by atoms with Crippen molar-refractivity contribution in [2.45, 2.75) is 0 Å². The van der Waals surface area contributed by atoms with Gasteiger partial charge in [-0.05, 0) is 34.1 Å². The van der Waals surface area contributed by atoms with E-state index in [0.29, 0.717) is 17.1 Å². The van der Waals surface area contributed by atoms with Gasteiger partial charge in [0, 0.05) is 49.3 Å². The van der Waals surface area contributed by atoms with E-state index in [1.165, 1.54) is 0 Å². The summed E-state index contributed by atoms with van der Waals surface area (Å²) in [5.41, 5.74) is 0.622. The second-order valence-electron chi connectivity index (χ2n) is 4.48. The molecule has 2 N–H and O–H groups in total. The van der Waals surface area contributed by atoms with Crippen LogP contribution in [0.1, 0.15) is 10.4 Å². The van der Waals surface area contributed by atoms with E-state index in [0.717, 1.165) is 37.2 Å². The number of carbonyl (C=O) groups is 1. The van der Waals surface area contributed by atoms with Crippen LogP contribution in [0.3, 0.4) is 0 Å². The molecule has 7 heteroatoms. The van der Waals surface area contributed by atoms with E-state index in [9.17, 15) is 4.79 Å². The minimum absolute atomic E-state index is 0. The number of amides is 1. The van der Waals surface area contributed by atoms with E-state index in [2.05, 4.69) is 31.5 Å². The minimum Gasteiger partial charge on any atom is -0.351 e. The first kappa shape index (κ1) is 17.7. The van der Waals surface area contributed by atoms with Crippen LogP contribution in [0.15, 0.2) is 22.7 Å². The van der Waals surface area contributed by atoms with Gasteiger partial charge in [-0.25, -0.2) is 0 Å². The maximum atomic E-state index is 11.9. The Hall–Kier alpha value is -0.330. The maximum Gasteiger partial charge on any atom is 0.251 e. The monoisotopic (exact) mass is 381 g/mol. The summed E-state index contributed by atoms with van der Waals surface area (Å²) >= 11 is 9.22. The Morgan fingerprint density at radius 3 is 2.75 bits per heavy atom. The normalized spacial score (nSPS) is 15.5. The number of nitrogens with zero attached hydrogens (tertiary/aromatic N) is 1. The predicted octanol–water partition coefficient (Wildman–Crippen LogP) is 2.16. The lowest BCUT2D eigenvalue weighted by molar-refractivity contribution is 0.0947. The zero-order valence-corrected chi connectivity index (χ0v) is 14.2. The van der Waals surface area contributed by atoms with E-state index in [-0.39, 0.29) is 18.3 Å². The van der Waals surface area contributed by atoms with Crippen molar-refractivity contribution >= 4 is 45.8 Å². The number of nitrogens with one attached hydrogen (secondary N) is 2. The number of carbonyl (C=O) groups excluding carboxylic acids is 1. The Balaban J connectivity index is 0.00000200. The largest absolute Gasteiger partial charge is 0.351 e. The molecule has 0 saturated carbocycles. The molecule has 0 aliphatic carbocycles. The van der Waals surface area contributed by atoms with Crippen LogP contribution >= 0.6 is 39.9 Å². The van der Waals surface area contributed by atoms with Gasteiger partial charge in [-0.3, -0.25) is 9.69 Å². The van der Waals surface area contributed by atoms with E-state index >= 15 is 0 Å². The van der Waals surface area contributed by atoms with Crippen LogP contribution in [-0.4, -0.2) is 50.1 Å². The molecule has 1 heterocycles. The molecule has 0 unspecified atom stereocenters. The molecule has 112 valence electrons. The lowest BCUT2D eigenvalue weighted by Crippen LogP contribution is -2.46. The van der Waals surface area contributed by atoms with Crippen molar-refractivity contribution in [2.24, 2.45) is 0 Å². The van der Waals surface area contributed by atoms with Gasteiger partial charge in [0.2, 0.25) is 0 Å². The smallest absolute Gasteiger partial charge is 0.251 e. The Labute approximate surface area is 138 Å². The fourth-order valence-electron chi connectivity index (χ4n) is 2.00. The van der Waals surface area contributed by atoms with Gasteiger partial charge in [-0.15, -0.1) is 12.4 Å². The lowest BCUT2D eigenvalue weighted by Gasteiger charge is -2.27. The van der Waals surface area contributed by atoms with Crippen LogP contribution in [0.5, 0.6) is 0 Å². The van der Waals surface area contributed by atoms with Crippen LogP contribution < -0.4 is 10.6 Å². The maximum absolute atomic E-state index is 11.9. The van der Waals surface area contributed by atoms with Crippen molar-refractivity contribution in [3.05, 3.63) is 33.3 Å². The van der Waals surface area contributed by atoms with Crippen molar-refractivity contribution in [3.63, 3.8) is 0 Å². The van der Waals surface area contributed by atoms with Gasteiger partial charge in [0.05, 0.1) is 5.02 Å². The summed E-state index contributed by atoms with van der Waals surface area (Å²) in [6.45, 7) is 5.70. The Bertz CT molecular complexity index is 453. The fourth-order valence-corrected chi connectivity index (χ4v) is 2.50. The van der Waals surface area contributed by atoms with E-state index in [1.807, 2.05) is 0 Å². The molecule has 2 rings (SSSR count). The van der Waals surface area contributed by atoms with Gasteiger partial charge in [-0.1, -0.05) is 11.6 Å². The third kappa shape index (κ3) is 5.22. The molecule has 0 spiro atoms. The summed E-state index contributed by atoms with van der Waals surface area (Å²) < 4.78 is 0.740. The third-order valence-electron chi connectivity index (χ3n) is 3.10. The van der Waals surface area contributed by atoms with Gasteiger partial charge in [0.15, 0.2) is 0 Å². The zero-order chi connectivity index (χ0) is 13.7. The number of hydrogen-bond acceptors (Lipinski definition) is 3. The molecule has 1 aromatic carbocycles. The SMILES string of the molecule is Cl.O=C(NCCN1CCNCC1)c1ccc(Cl)c(Br)c1. The van der Waals surface area contributed by atoms with Crippen molar-refractivity contribution in [1.29, 1.82) is 0 Å². The van der Waals surface area contributed by atoms with Crippen LogP contribution in [0.25, 0.3) is 0 Å². The van der Waals surface area contributed by atoms with Crippen LogP contribution in [0.4, 0.5) is 0 Å². The second kappa shape index (κ2) is 8.85. The van der Waals surface area contributed by atoms with Gasteiger partial charge in [0.1, 0.15) is 0 Å². The van der Waals surface area contributed by atoms with Gasteiger partial charge in [0.25, 0.3) is 5.91 Å². The number of rotatable bonds is 4. The quantitative estimate of drug-likeness (QED) is 0.838. The van der Waals surface area contributed by atoms with E-state index < -0.39 is 0 Å². The molecule has 0 aromatic heterocycles. The molecule has 0 atom stereocenters. The Morgan fingerprint density at radius 1 is 1.40 bits per heavy atom. The van der Waals surface area contributed by atoms with Gasteiger partial charge >= 0.3 is 0 Å². The highest BCUT2D eigenvalue weighted by molar-refractivity contribution is 9.10. The van der Waals surface area contributed by atoms with Crippen molar-refractivity contribution in [1.82, 2.24) is 15.5 Å². The molecule has 0 radical (unpaired) electrons. The van der Waals surface area contributed by atoms with Gasteiger partial charge in [-0.2, -0.15) is 0 Å². The molecule has 0 bridgehead atoms. The van der Waals surface area contributed by atoms with E-state index in [1.54, 1.807) is 18.2 Å². The first-order valence-electron chi connectivity index (χ1n) is 6.33. The van der Waals surface area contributed by atoms with Crippen LogP contribution in [0.2, 0.25) is 5.02 Å². The standard InChI is InChI=1S/C13H17BrClN3O.ClH/c14-11-9-10(1-2-12(11)15)13(19)17-5-8-18-6-3-16-4-7-18;/h1-2,9,16H,3-8H2,(H,17,19);1H.